The monoisotopic (exact) mass is 254 g/mol. The summed E-state index contributed by atoms with van der Waals surface area (Å²) in [6.45, 7) is 7.80. The van der Waals surface area contributed by atoms with Crippen LogP contribution in [0.2, 0.25) is 0 Å². The second-order valence-electron chi connectivity index (χ2n) is 4.93. The van der Waals surface area contributed by atoms with Crippen molar-refractivity contribution in [2.45, 2.75) is 27.2 Å². The number of thiol groups is 1. The van der Waals surface area contributed by atoms with Crippen LogP contribution in [-0.2, 0) is 0 Å². The Morgan fingerprint density at radius 2 is 1.59 bits per heavy atom. The number of rotatable bonds is 7. The van der Waals surface area contributed by atoms with Crippen molar-refractivity contribution in [1.82, 2.24) is 0 Å². The molecule has 1 rings (SSSR count). The molecule has 0 atom stereocenters. The minimum absolute atomic E-state index is 0.0977. The quantitative estimate of drug-likeness (QED) is 0.746. The van der Waals surface area contributed by atoms with E-state index >= 15 is 0 Å². The van der Waals surface area contributed by atoms with Gasteiger partial charge in [0, 0.05) is 5.41 Å². The molecule has 3 heteroatoms. The zero-order valence-electron chi connectivity index (χ0n) is 10.9. The predicted octanol–water partition coefficient (Wildman–Crippen LogP) is 3.81. The Bertz CT molecular complexity index is 319. The average Bonchev–Trinajstić information content (AvgIpc) is 2.35. The molecule has 0 aliphatic heterocycles. The van der Waals surface area contributed by atoms with Crippen LogP contribution in [0.1, 0.15) is 27.2 Å². The molecule has 17 heavy (non-hydrogen) atoms. The first-order valence-electron chi connectivity index (χ1n) is 6.04. The highest BCUT2D eigenvalue weighted by atomic mass is 32.1. The van der Waals surface area contributed by atoms with Crippen molar-refractivity contribution in [3.05, 3.63) is 24.3 Å². The maximum Gasteiger partial charge on any atom is 0.119 e. The van der Waals surface area contributed by atoms with Gasteiger partial charge in [0.2, 0.25) is 0 Å². The van der Waals surface area contributed by atoms with Crippen LogP contribution in [0.3, 0.4) is 0 Å². The van der Waals surface area contributed by atoms with E-state index in [4.69, 9.17) is 9.47 Å². The van der Waals surface area contributed by atoms with Crippen LogP contribution < -0.4 is 9.47 Å². The van der Waals surface area contributed by atoms with E-state index in [2.05, 4.69) is 33.4 Å². The maximum atomic E-state index is 5.72. The van der Waals surface area contributed by atoms with Crippen molar-refractivity contribution in [2.75, 3.05) is 19.0 Å². The van der Waals surface area contributed by atoms with Crippen LogP contribution in [0.15, 0.2) is 24.3 Å². The number of hydrogen-bond acceptors (Lipinski definition) is 3. The predicted molar refractivity (Wildman–Crippen MR) is 75.4 cm³/mol. The first kappa shape index (κ1) is 14.2. The van der Waals surface area contributed by atoms with Crippen LogP contribution >= 0.6 is 12.6 Å². The van der Waals surface area contributed by atoms with Crippen LogP contribution in [0.5, 0.6) is 11.5 Å². The highest BCUT2D eigenvalue weighted by Gasteiger charge is 2.16. The first-order chi connectivity index (χ1) is 8.07. The van der Waals surface area contributed by atoms with Gasteiger partial charge in [-0.25, -0.2) is 0 Å². The van der Waals surface area contributed by atoms with Gasteiger partial charge in [0.15, 0.2) is 0 Å². The maximum absolute atomic E-state index is 5.72. The third kappa shape index (κ3) is 5.35. The largest absolute Gasteiger partial charge is 0.494 e. The van der Waals surface area contributed by atoms with Crippen molar-refractivity contribution >= 4 is 12.6 Å². The molecule has 0 spiro atoms. The standard InChI is InChI=1S/C14H22O2S/c1-4-9-15-12-5-7-13(8-6-12)16-10-14(2,3)11-17/h5-8,17H,4,9-11H2,1-3H3. The highest BCUT2D eigenvalue weighted by Crippen LogP contribution is 2.22. The van der Waals surface area contributed by atoms with Gasteiger partial charge in [-0.3, -0.25) is 0 Å². The number of benzene rings is 1. The molecule has 0 fully saturated rings. The molecule has 1 aromatic rings. The van der Waals surface area contributed by atoms with Crippen LogP contribution in [0, 0.1) is 5.41 Å². The number of ether oxygens (including phenoxy) is 2. The number of hydrogen-bond donors (Lipinski definition) is 1. The van der Waals surface area contributed by atoms with Gasteiger partial charge in [-0.2, -0.15) is 12.6 Å². The fourth-order valence-corrected chi connectivity index (χ4v) is 1.27. The lowest BCUT2D eigenvalue weighted by Gasteiger charge is -2.22. The zero-order valence-corrected chi connectivity index (χ0v) is 11.8. The van der Waals surface area contributed by atoms with Crippen molar-refractivity contribution in [3.63, 3.8) is 0 Å². The smallest absolute Gasteiger partial charge is 0.119 e. The third-order valence-corrected chi connectivity index (χ3v) is 3.21. The van der Waals surface area contributed by atoms with E-state index < -0.39 is 0 Å². The summed E-state index contributed by atoms with van der Waals surface area (Å²) >= 11 is 4.30. The van der Waals surface area contributed by atoms with E-state index in [-0.39, 0.29) is 5.41 Å². The Hall–Kier alpha value is -0.830. The molecule has 0 amide bonds. The van der Waals surface area contributed by atoms with Crippen molar-refractivity contribution in [1.29, 1.82) is 0 Å². The van der Waals surface area contributed by atoms with E-state index in [0.29, 0.717) is 6.61 Å². The molecular formula is C14H22O2S. The third-order valence-electron chi connectivity index (χ3n) is 2.35. The molecule has 0 unspecified atom stereocenters. The van der Waals surface area contributed by atoms with Gasteiger partial charge in [-0.1, -0.05) is 20.8 Å². The lowest BCUT2D eigenvalue weighted by atomic mass is 9.98. The second kappa shape index (κ2) is 6.80. The molecular weight excluding hydrogens is 232 g/mol. The van der Waals surface area contributed by atoms with Crippen LogP contribution in [-0.4, -0.2) is 19.0 Å². The molecule has 0 saturated carbocycles. The van der Waals surface area contributed by atoms with Gasteiger partial charge in [0.1, 0.15) is 11.5 Å². The second-order valence-corrected chi connectivity index (χ2v) is 5.25. The summed E-state index contributed by atoms with van der Waals surface area (Å²) in [6.07, 6.45) is 1.02. The Balaban J connectivity index is 2.45. The Kier molecular flexibility index (Phi) is 5.69. The van der Waals surface area contributed by atoms with Crippen molar-refractivity contribution < 1.29 is 9.47 Å². The Labute approximate surface area is 110 Å². The van der Waals surface area contributed by atoms with E-state index in [1.165, 1.54) is 0 Å². The fourth-order valence-electron chi connectivity index (χ4n) is 1.18. The summed E-state index contributed by atoms with van der Waals surface area (Å²) in [5.41, 5.74) is 0.0977. The lowest BCUT2D eigenvalue weighted by Crippen LogP contribution is -2.23. The van der Waals surface area contributed by atoms with E-state index in [0.717, 1.165) is 30.3 Å². The van der Waals surface area contributed by atoms with Gasteiger partial charge >= 0.3 is 0 Å². The van der Waals surface area contributed by atoms with E-state index in [9.17, 15) is 0 Å². The van der Waals surface area contributed by atoms with Gasteiger partial charge < -0.3 is 9.47 Å². The summed E-state index contributed by atoms with van der Waals surface area (Å²) in [5.74, 6) is 2.58. The van der Waals surface area contributed by atoms with Gasteiger partial charge in [0.25, 0.3) is 0 Å². The van der Waals surface area contributed by atoms with Gasteiger partial charge in [0.05, 0.1) is 13.2 Å². The average molecular weight is 254 g/mol. The highest BCUT2D eigenvalue weighted by molar-refractivity contribution is 7.80. The molecule has 2 nitrogen and oxygen atoms in total. The van der Waals surface area contributed by atoms with Crippen molar-refractivity contribution in [3.8, 4) is 11.5 Å². The minimum Gasteiger partial charge on any atom is -0.494 e. The summed E-state index contributed by atoms with van der Waals surface area (Å²) in [5, 5.41) is 0. The van der Waals surface area contributed by atoms with E-state index in [1.807, 2.05) is 24.3 Å². The lowest BCUT2D eigenvalue weighted by molar-refractivity contribution is 0.202. The summed E-state index contributed by atoms with van der Waals surface area (Å²) in [6, 6.07) is 7.77. The molecule has 96 valence electrons. The molecule has 0 saturated heterocycles. The summed E-state index contributed by atoms with van der Waals surface area (Å²) in [4.78, 5) is 0. The Morgan fingerprint density at radius 1 is 1.06 bits per heavy atom. The molecule has 0 aliphatic rings. The van der Waals surface area contributed by atoms with Crippen LogP contribution in [0.4, 0.5) is 0 Å². The SMILES string of the molecule is CCCOc1ccc(OCC(C)(C)CS)cc1. The topological polar surface area (TPSA) is 18.5 Å². The fraction of sp³-hybridized carbons (Fsp3) is 0.571. The van der Waals surface area contributed by atoms with Crippen LogP contribution in [0.25, 0.3) is 0 Å². The van der Waals surface area contributed by atoms with Gasteiger partial charge in [-0.15, -0.1) is 0 Å². The zero-order chi connectivity index (χ0) is 12.7. The van der Waals surface area contributed by atoms with E-state index in [1.54, 1.807) is 0 Å². The molecule has 0 heterocycles. The Morgan fingerprint density at radius 3 is 2.06 bits per heavy atom. The van der Waals surface area contributed by atoms with Gasteiger partial charge in [-0.05, 0) is 36.4 Å². The molecule has 0 radical (unpaired) electrons. The minimum atomic E-state index is 0.0977. The molecule has 0 aliphatic carbocycles. The summed E-state index contributed by atoms with van der Waals surface area (Å²) in [7, 11) is 0. The molecule has 1 aromatic carbocycles. The normalized spacial score (nSPS) is 11.3. The van der Waals surface area contributed by atoms with Crippen molar-refractivity contribution in [2.24, 2.45) is 5.41 Å². The molecule has 0 N–H and O–H groups in total. The molecule has 0 bridgehead atoms. The summed E-state index contributed by atoms with van der Waals surface area (Å²) < 4.78 is 11.2. The first-order valence-corrected chi connectivity index (χ1v) is 6.67. The molecule has 0 aromatic heterocycles.